The van der Waals surface area contributed by atoms with Crippen LogP contribution in [0.15, 0.2) is 46.3 Å². The van der Waals surface area contributed by atoms with Gasteiger partial charge in [-0.15, -0.1) is 5.26 Å². The van der Waals surface area contributed by atoms with Gasteiger partial charge < -0.3 is 8.92 Å². The number of hydrogen-bond acceptors (Lipinski definition) is 8. The third-order valence-electron chi connectivity index (χ3n) is 4.35. The van der Waals surface area contributed by atoms with Crippen molar-refractivity contribution < 1.29 is 35.4 Å². The average Bonchev–Trinajstić information content (AvgIpc) is 3.41. The van der Waals surface area contributed by atoms with Crippen LogP contribution in [0.4, 0.5) is 5.69 Å². The molecule has 2 aromatic rings. The molecule has 1 saturated carbocycles. The van der Waals surface area contributed by atoms with E-state index >= 15 is 0 Å². The molecule has 3 rings (SSSR count). The molecule has 1 fully saturated rings. The molecule has 0 radical (unpaired) electrons. The van der Waals surface area contributed by atoms with Crippen molar-refractivity contribution in [2.45, 2.75) is 23.2 Å². The Morgan fingerprint density at radius 1 is 1.17 bits per heavy atom. The third kappa shape index (κ3) is 4.68. The number of isocyanates is 1. The first kappa shape index (κ1) is 20.7. The monoisotopic (exact) mass is 436 g/mol. The fraction of sp³-hybridized carbons (Fsp3) is 0.176. The summed E-state index contributed by atoms with van der Waals surface area (Å²) in [5.74, 6) is -0.673. The molecule has 10 nitrogen and oxygen atoms in total. The number of ether oxygens (including phenoxy) is 1. The Morgan fingerprint density at radius 3 is 2.48 bits per heavy atom. The number of rotatable bonds is 7. The lowest BCUT2D eigenvalue weighted by molar-refractivity contribution is 0.455. The van der Waals surface area contributed by atoms with Crippen LogP contribution in [0.3, 0.4) is 0 Å². The fourth-order valence-electron chi connectivity index (χ4n) is 3.14. The Morgan fingerprint density at radius 2 is 1.86 bits per heavy atom. The van der Waals surface area contributed by atoms with Gasteiger partial charge in [-0.2, -0.15) is 17.6 Å². The average molecular weight is 436 g/mol. The number of carbonyl (C=O) groups excluding carboxylic acids is 1. The molecule has 29 heavy (non-hydrogen) atoms. The van der Waals surface area contributed by atoms with E-state index in [1.54, 1.807) is 6.07 Å². The molecule has 0 saturated heterocycles. The molecular formula is C17H12N2O8S2. The molecule has 3 unspecified atom stereocenters. The molecule has 0 aliphatic heterocycles. The lowest BCUT2D eigenvalue weighted by Crippen LogP contribution is -2.04. The number of nitriles is 1. The van der Waals surface area contributed by atoms with Gasteiger partial charge in [0.2, 0.25) is 6.08 Å². The smallest absolute Gasteiger partial charge is 0.357 e. The predicted molar refractivity (Wildman–Crippen MR) is 98.2 cm³/mol. The van der Waals surface area contributed by atoms with Crippen molar-refractivity contribution in [3.8, 4) is 17.8 Å². The second-order valence-electron chi connectivity index (χ2n) is 6.04. The van der Waals surface area contributed by atoms with Gasteiger partial charge in [0, 0.05) is 12.1 Å². The van der Waals surface area contributed by atoms with E-state index in [9.17, 15) is 22.0 Å². The summed E-state index contributed by atoms with van der Waals surface area (Å²) in [5, 5.41) is 8.58. The van der Waals surface area contributed by atoms with Crippen molar-refractivity contribution in [1.82, 2.24) is 0 Å². The lowest BCUT2D eigenvalue weighted by Gasteiger charge is -2.11. The van der Waals surface area contributed by atoms with Crippen LogP contribution in [-0.4, -0.2) is 27.8 Å². The topological polar surface area (TPSA) is 163 Å². The molecule has 0 spiro atoms. The van der Waals surface area contributed by atoms with E-state index in [0.717, 1.165) is 6.07 Å². The Bertz CT molecular complexity index is 1180. The Labute approximate surface area is 167 Å². The highest BCUT2D eigenvalue weighted by Crippen LogP contribution is 2.58. The van der Waals surface area contributed by atoms with Crippen molar-refractivity contribution in [2.24, 2.45) is 4.99 Å². The Hall–Kier alpha value is -3.07. The lowest BCUT2D eigenvalue weighted by atomic mass is 10.0. The summed E-state index contributed by atoms with van der Waals surface area (Å²) in [6.45, 7) is 0. The van der Waals surface area contributed by atoms with Crippen molar-refractivity contribution in [3.63, 3.8) is 0 Å². The highest BCUT2D eigenvalue weighted by Gasteiger charge is 2.44. The van der Waals surface area contributed by atoms with Crippen molar-refractivity contribution in [2.75, 3.05) is 0 Å². The molecule has 2 aromatic carbocycles. The summed E-state index contributed by atoms with van der Waals surface area (Å²) >= 11 is -2.63. The minimum Gasteiger partial charge on any atom is -0.388 e. The van der Waals surface area contributed by atoms with Crippen LogP contribution in [-0.2, 0) is 26.3 Å². The molecule has 150 valence electrons. The first-order chi connectivity index (χ1) is 13.7. The van der Waals surface area contributed by atoms with Gasteiger partial charge in [0.15, 0.2) is 0 Å². The second kappa shape index (κ2) is 8.12. The molecule has 1 aliphatic rings. The summed E-state index contributed by atoms with van der Waals surface area (Å²) in [4.78, 5) is 13.5. The van der Waals surface area contributed by atoms with Gasteiger partial charge in [0.25, 0.3) is 16.4 Å². The molecule has 3 atom stereocenters. The molecule has 0 bridgehead atoms. The largest absolute Gasteiger partial charge is 0.388 e. The van der Waals surface area contributed by atoms with Crippen molar-refractivity contribution >= 4 is 33.2 Å². The quantitative estimate of drug-likeness (QED) is 0.218. The van der Waals surface area contributed by atoms with Gasteiger partial charge in [-0.25, -0.2) is 4.79 Å². The zero-order valence-corrected chi connectivity index (χ0v) is 16.0. The van der Waals surface area contributed by atoms with Crippen LogP contribution >= 0.6 is 0 Å². The van der Waals surface area contributed by atoms with Gasteiger partial charge in [-0.3, -0.25) is 9.11 Å². The summed E-state index contributed by atoms with van der Waals surface area (Å²) in [5.41, 5.74) is 0.966. The summed E-state index contributed by atoms with van der Waals surface area (Å²) in [7, 11) is -4.60. The van der Waals surface area contributed by atoms with Crippen LogP contribution in [0.2, 0.25) is 0 Å². The van der Waals surface area contributed by atoms with Gasteiger partial charge >= 0.3 is 11.4 Å². The van der Waals surface area contributed by atoms with E-state index in [0.29, 0.717) is 17.5 Å². The van der Waals surface area contributed by atoms with Crippen molar-refractivity contribution in [3.05, 3.63) is 47.5 Å². The number of aliphatic imine (C=N–C) groups is 1. The Balaban J connectivity index is 2.00. The van der Waals surface area contributed by atoms with E-state index in [1.807, 2.05) is 0 Å². The van der Waals surface area contributed by atoms with Crippen LogP contribution in [0, 0.1) is 11.5 Å². The molecule has 0 aromatic heterocycles. The third-order valence-corrected chi connectivity index (χ3v) is 5.58. The standard InChI is InChI=1S/C17H12N2O8S2/c18-8-26-11-2-4-13(17(6-11)29(23,24)25)15-7-14(15)12-3-1-10(19-9-20)5-16(12)27-28(21)22/h1-6,14-15H,7H2,(H,21,22)(H,23,24,25). The highest BCUT2D eigenvalue weighted by atomic mass is 32.2. The van der Waals surface area contributed by atoms with E-state index in [2.05, 4.69) is 9.73 Å². The van der Waals surface area contributed by atoms with Gasteiger partial charge in [0.1, 0.15) is 16.4 Å². The zero-order chi connectivity index (χ0) is 21.2. The second-order valence-corrected chi connectivity index (χ2v) is 8.03. The van der Waals surface area contributed by atoms with E-state index in [-0.39, 0.29) is 29.0 Å². The van der Waals surface area contributed by atoms with Gasteiger partial charge in [-0.1, -0.05) is 12.1 Å². The first-order valence-corrected chi connectivity index (χ1v) is 10.4. The molecule has 1 aliphatic carbocycles. The minimum absolute atomic E-state index is 0.00710. The van der Waals surface area contributed by atoms with Crippen molar-refractivity contribution in [1.29, 1.82) is 5.26 Å². The van der Waals surface area contributed by atoms with E-state index < -0.39 is 26.4 Å². The van der Waals surface area contributed by atoms with Crippen LogP contribution in [0.25, 0.3) is 0 Å². The SMILES string of the molecule is N#COc1ccc(C2CC2c2ccc(N=C=O)cc2OS(=O)O)c(S(=O)(=O)O)c1. The first-order valence-electron chi connectivity index (χ1n) is 7.93. The number of nitrogens with zero attached hydrogens (tertiary/aromatic N) is 2. The van der Waals surface area contributed by atoms with Gasteiger partial charge in [0.05, 0.1) is 5.69 Å². The molecule has 0 amide bonds. The molecule has 2 N–H and O–H groups in total. The predicted octanol–water partition coefficient (Wildman–Crippen LogP) is 2.55. The molecular weight excluding hydrogens is 424 g/mol. The van der Waals surface area contributed by atoms with E-state index in [1.165, 1.54) is 36.6 Å². The number of hydrogen-bond donors (Lipinski definition) is 2. The normalized spacial score (nSPS) is 18.8. The zero-order valence-electron chi connectivity index (χ0n) is 14.4. The summed E-state index contributed by atoms with van der Waals surface area (Å²) in [6, 6.07) is 8.18. The maximum absolute atomic E-state index is 11.8. The van der Waals surface area contributed by atoms with Crippen LogP contribution < -0.4 is 8.92 Å². The minimum atomic E-state index is -4.60. The molecule has 0 heterocycles. The number of benzene rings is 2. The van der Waals surface area contributed by atoms with Gasteiger partial charge in [-0.05, 0) is 41.5 Å². The van der Waals surface area contributed by atoms with Crippen LogP contribution in [0.5, 0.6) is 11.5 Å². The van der Waals surface area contributed by atoms with E-state index in [4.69, 9.17) is 14.0 Å². The Kier molecular flexibility index (Phi) is 5.78. The summed E-state index contributed by atoms with van der Waals surface area (Å²) in [6.07, 6.45) is 3.24. The summed E-state index contributed by atoms with van der Waals surface area (Å²) < 4.78 is 62.8. The maximum Gasteiger partial charge on any atom is 0.357 e. The van der Waals surface area contributed by atoms with Crippen LogP contribution in [0.1, 0.15) is 29.4 Å². The highest BCUT2D eigenvalue weighted by molar-refractivity contribution is 7.85. The molecule has 12 heteroatoms. The fourth-order valence-corrected chi connectivity index (χ4v) is 4.22. The maximum atomic E-state index is 11.8.